The molecule has 2 heterocycles. The largest absolute Gasteiger partial charge is 0.381 e. The average Bonchev–Trinajstić information content (AvgIpc) is 3.57. The number of benzene rings is 2. The monoisotopic (exact) mass is 662 g/mol. The van der Waals surface area contributed by atoms with Gasteiger partial charge < -0.3 is 32.1 Å². The zero-order valence-electron chi connectivity index (χ0n) is 28.2. The molecular weight excluding hydrogens is 608 g/mol. The third kappa shape index (κ3) is 9.12. The van der Waals surface area contributed by atoms with Gasteiger partial charge in [0, 0.05) is 18.2 Å². The first-order valence-corrected chi connectivity index (χ1v) is 18.1. The lowest BCUT2D eigenvalue weighted by Gasteiger charge is -2.33. The molecule has 0 radical (unpaired) electrons. The quantitative estimate of drug-likeness (QED) is 0.194. The van der Waals surface area contributed by atoms with E-state index in [0.29, 0.717) is 56.7 Å². The molecule has 11 nitrogen and oxygen atoms in total. The molecule has 0 spiro atoms. The van der Waals surface area contributed by atoms with Crippen LogP contribution in [0.1, 0.15) is 93.8 Å². The number of rotatable bonds is 14. The maximum atomic E-state index is 14.7. The van der Waals surface area contributed by atoms with Gasteiger partial charge in [-0.3, -0.25) is 24.1 Å². The first kappa shape index (κ1) is 35.8. The predicted octanol–water partition coefficient (Wildman–Crippen LogP) is 2.82. The number of nitrogens with zero attached hydrogens (tertiary/aromatic N) is 2. The minimum Gasteiger partial charge on any atom is -0.381 e. The number of primary amides is 1. The number of unbranched alkanes of at least 4 members (excludes halogenated alkanes) is 1. The highest BCUT2D eigenvalue weighted by Crippen LogP contribution is 2.31. The highest BCUT2D eigenvalue weighted by atomic mass is 16.3. The van der Waals surface area contributed by atoms with Crippen LogP contribution in [0.25, 0.3) is 10.8 Å². The van der Waals surface area contributed by atoms with Crippen LogP contribution in [-0.4, -0.2) is 95.0 Å². The van der Waals surface area contributed by atoms with Crippen LogP contribution in [0, 0.1) is 5.92 Å². The number of carbonyl (C=O) groups is 4. The number of aliphatic hydroxyl groups is 1. The molecule has 5 rings (SSSR count). The normalized spacial score (nSPS) is 22.6. The van der Waals surface area contributed by atoms with Gasteiger partial charge in [-0.25, -0.2) is 0 Å². The van der Waals surface area contributed by atoms with Crippen LogP contribution in [0.15, 0.2) is 42.5 Å². The van der Waals surface area contributed by atoms with Crippen LogP contribution in [-0.2, 0) is 14.4 Å². The fourth-order valence-corrected chi connectivity index (χ4v) is 7.90. The molecule has 2 aromatic carbocycles. The Kier molecular flexibility index (Phi) is 12.8. The van der Waals surface area contributed by atoms with Gasteiger partial charge in [0.25, 0.3) is 5.91 Å². The van der Waals surface area contributed by atoms with Crippen LogP contribution < -0.4 is 22.1 Å². The van der Waals surface area contributed by atoms with E-state index in [-0.39, 0.29) is 17.9 Å². The van der Waals surface area contributed by atoms with Crippen molar-refractivity contribution in [1.82, 2.24) is 20.4 Å². The first-order chi connectivity index (χ1) is 23.2. The number of nitrogens with two attached hydrogens (primary N) is 2. The van der Waals surface area contributed by atoms with E-state index in [1.54, 1.807) is 11.0 Å². The number of hydrogen-bond donors (Lipinski definition) is 5. The van der Waals surface area contributed by atoms with Crippen LogP contribution in [0.5, 0.6) is 0 Å². The number of amides is 4. The second-order valence-corrected chi connectivity index (χ2v) is 14.1. The number of carbonyl (C=O) groups excluding carboxylic acids is 4. The number of fused-ring (bicyclic) bond motifs is 1. The molecule has 3 aliphatic rings. The molecule has 0 bridgehead atoms. The van der Waals surface area contributed by atoms with Crippen molar-refractivity contribution in [3.05, 3.63) is 48.0 Å². The highest BCUT2D eigenvalue weighted by Gasteiger charge is 2.45. The maximum Gasteiger partial charge on any atom is 0.251 e. The van der Waals surface area contributed by atoms with Crippen LogP contribution in [0.2, 0.25) is 0 Å². The Labute approximate surface area is 284 Å². The summed E-state index contributed by atoms with van der Waals surface area (Å²) >= 11 is 0. The lowest BCUT2D eigenvalue weighted by Crippen LogP contribution is -2.57. The van der Waals surface area contributed by atoms with Gasteiger partial charge in [-0.05, 0) is 87.0 Å². The molecule has 1 aliphatic carbocycles. The van der Waals surface area contributed by atoms with Gasteiger partial charge in [0.15, 0.2) is 6.10 Å². The Balaban J connectivity index is 1.40. The number of aliphatic hydroxyl groups excluding tert-OH is 1. The molecule has 4 amide bonds. The zero-order chi connectivity index (χ0) is 34.0. The van der Waals surface area contributed by atoms with Crippen molar-refractivity contribution in [3.63, 3.8) is 0 Å². The van der Waals surface area contributed by atoms with Crippen molar-refractivity contribution >= 4 is 34.4 Å². The Morgan fingerprint density at radius 2 is 1.60 bits per heavy atom. The summed E-state index contributed by atoms with van der Waals surface area (Å²) in [5.41, 5.74) is 11.6. The molecule has 2 unspecified atom stereocenters. The second kappa shape index (κ2) is 17.2. The molecule has 5 atom stereocenters. The molecule has 2 aliphatic heterocycles. The smallest absolute Gasteiger partial charge is 0.251 e. The third-order valence-corrected chi connectivity index (χ3v) is 10.7. The van der Waals surface area contributed by atoms with Crippen molar-refractivity contribution in [2.24, 2.45) is 17.4 Å². The minimum atomic E-state index is -1.56. The van der Waals surface area contributed by atoms with Gasteiger partial charge in [-0.1, -0.05) is 75.3 Å². The van der Waals surface area contributed by atoms with E-state index < -0.39 is 36.0 Å². The summed E-state index contributed by atoms with van der Waals surface area (Å²) in [7, 11) is 0. The van der Waals surface area contributed by atoms with Crippen molar-refractivity contribution in [2.75, 3.05) is 26.2 Å². The van der Waals surface area contributed by atoms with Crippen molar-refractivity contribution in [3.8, 4) is 0 Å². The number of hydrogen-bond acceptors (Lipinski definition) is 7. The lowest BCUT2D eigenvalue weighted by atomic mass is 9.84. The molecule has 2 aromatic rings. The number of piperidine rings is 1. The summed E-state index contributed by atoms with van der Waals surface area (Å²) < 4.78 is 0. The van der Waals surface area contributed by atoms with Crippen LogP contribution in [0.4, 0.5) is 0 Å². The van der Waals surface area contributed by atoms with E-state index in [9.17, 15) is 24.3 Å². The summed E-state index contributed by atoms with van der Waals surface area (Å²) in [5.74, 6) is -1.60. The van der Waals surface area contributed by atoms with Gasteiger partial charge in [0.05, 0.1) is 6.04 Å². The molecule has 262 valence electrons. The summed E-state index contributed by atoms with van der Waals surface area (Å²) in [6.45, 7) is 2.64. The Hall–Kier alpha value is -3.54. The molecular formula is C37H54N6O5. The maximum absolute atomic E-state index is 14.7. The van der Waals surface area contributed by atoms with Gasteiger partial charge >= 0.3 is 0 Å². The van der Waals surface area contributed by atoms with E-state index in [2.05, 4.69) is 15.5 Å². The molecule has 0 aromatic heterocycles. The minimum absolute atomic E-state index is 0.00623. The fourth-order valence-electron chi connectivity index (χ4n) is 7.90. The van der Waals surface area contributed by atoms with Gasteiger partial charge in [-0.2, -0.15) is 0 Å². The van der Waals surface area contributed by atoms with Crippen LogP contribution in [0.3, 0.4) is 0 Å². The number of likely N-dealkylation sites (tertiary alicyclic amines) is 2. The predicted molar refractivity (Wildman–Crippen MR) is 186 cm³/mol. The van der Waals surface area contributed by atoms with Crippen molar-refractivity contribution in [2.45, 2.75) is 114 Å². The zero-order valence-corrected chi connectivity index (χ0v) is 28.2. The Morgan fingerprint density at radius 3 is 2.31 bits per heavy atom. The van der Waals surface area contributed by atoms with E-state index in [1.807, 2.05) is 36.4 Å². The molecule has 3 fully saturated rings. The third-order valence-electron chi connectivity index (χ3n) is 10.7. The van der Waals surface area contributed by atoms with Crippen LogP contribution >= 0.6 is 0 Å². The fraction of sp³-hybridized carbons (Fsp3) is 0.622. The summed E-state index contributed by atoms with van der Waals surface area (Å²) in [5, 5.41) is 18.5. The van der Waals surface area contributed by atoms with E-state index in [1.165, 1.54) is 6.42 Å². The molecule has 11 heteroatoms. The van der Waals surface area contributed by atoms with Crippen molar-refractivity contribution < 1.29 is 24.3 Å². The molecule has 1 saturated carbocycles. The Bertz CT molecular complexity index is 1410. The number of nitrogens with one attached hydrogen (secondary N) is 2. The molecule has 2 saturated heterocycles. The summed E-state index contributed by atoms with van der Waals surface area (Å²) in [6, 6.07) is 10.9. The van der Waals surface area contributed by atoms with Gasteiger partial charge in [0.2, 0.25) is 17.7 Å². The molecule has 7 N–H and O–H groups in total. The van der Waals surface area contributed by atoms with E-state index in [0.717, 1.165) is 68.8 Å². The average molecular weight is 663 g/mol. The van der Waals surface area contributed by atoms with Gasteiger partial charge in [-0.15, -0.1) is 0 Å². The SMILES string of the molecule is NCCCCC(NC(=O)[C@@H]1C[C@@H](N2CCCCC2)CN1C(=O)[C@@H](CC1CCCCC1)NC(=O)c1ccc2ccccc2c1)C(O)C(N)=O. The summed E-state index contributed by atoms with van der Waals surface area (Å²) in [6.07, 6.45) is 9.68. The highest BCUT2D eigenvalue weighted by molar-refractivity contribution is 6.01. The second-order valence-electron chi connectivity index (χ2n) is 14.1. The standard InChI is InChI=1S/C37H54N6O5/c38-18-8-7-15-30(33(44)34(39)45)40-36(47)32-23-29(42-19-9-2-10-20-42)24-43(32)37(48)31(21-25-11-3-1-4-12-25)41-35(46)28-17-16-26-13-5-6-14-27(26)22-28/h5-6,13-14,16-17,22,25,29-33,44H,1-4,7-12,15,18-21,23-24,38H2,(H2,39,45)(H,40,47)(H,41,46)/t29-,30?,31-,32+,33?/m1/s1. The topological polar surface area (TPSA) is 171 Å². The first-order valence-electron chi connectivity index (χ1n) is 18.1. The van der Waals surface area contributed by atoms with Gasteiger partial charge in [0.1, 0.15) is 12.1 Å². The Morgan fingerprint density at radius 1 is 0.896 bits per heavy atom. The molecule has 48 heavy (non-hydrogen) atoms. The van der Waals surface area contributed by atoms with E-state index >= 15 is 0 Å². The van der Waals surface area contributed by atoms with Crippen molar-refractivity contribution in [1.29, 1.82) is 0 Å². The van der Waals surface area contributed by atoms with E-state index in [4.69, 9.17) is 11.5 Å². The summed E-state index contributed by atoms with van der Waals surface area (Å²) in [4.78, 5) is 58.4. The lowest BCUT2D eigenvalue weighted by molar-refractivity contribution is -0.141.